The molecule has 23 nitrogen and oxygen atoms in total. The van der Waals surface area contributed by atoms with Crippen LogP contribution in [0.2, 0.25) is 0 Å². The molecule has 1 unspecified atom stereocenters. The first-order valence-corrected chi connectivity index (χ1v) is 42.9. The molecule has 0 saturated carbocycles. The smallest absolute Gasteiger partial charge is 0.233 e. The Labute approximate surface area is 651 Å². The van der Waals surface area contributed by atoms with Gasteiger partial charge in [0.25, 0.3) is 0 Å². The number of unbranched alkanes of at least 4 members (excludes halogenated alkanes) is 5. The second-order valence-corrected chi connectivity index (χ2v) is 40.7. The largest absolute Gasteiger partial charge is 0.354 e. The fraction of sp³-hybridized carbons (Fsp3) is 0.893. The lowest BCUT2D eigenvalue weighted by Crippen LogP contribution is -2.63. The van der Waals surface area contributed by atoms with Gasteiger partial charge in [0.2, 0.25) is 47.6 Å². The molecule has 0 spiro atoms. The van der Waals surface area contributed by atoms with E-state index in [-0.39, 0.29) is 91.8 Å². The van der Waals surface area contributed by atoms with Crippen LogP contribution in [0.15, 0.2) is 0 Å². The van der Waals surface area contributed by atoms with Crippen LogP contribution < -0.4 is 66.2 Å². The number of piperidine rings is 5. The summed E-state index contributed by atoms with van der Waals surface area (Å²) in [5.74, 6) is 6.81. The summed E-state index contributed by atoms with van der Waals surface area (Å²) in [6.07, 6.45) is 22.3. The van der Waals surface area contributed by atoms with Crippen LogP contribution in [-0.2, 0) is 0 Å². The molecule has 0 aromatic carbocycles. The molecule has 0 bridgehead atoms. The lowest BCUT2D eigenvalue weighted by atomic mass is 9.79. The Hall–Kier alpha value is -4.81. The van der Waals surface area contributed by atoms with Crippen LogP contribution in [0.25, 0.3) is 0 Å². The summed E-state index contributed by atoms with van der Waals surface area (Å²) in [4.78, 5) is 70.6. The first kappa shape index (κ1) is 86.2. The highest BCUT2D eigenvalue weighted by molar-refractivity contribution is 5.54. The number of hydrogen-bond donors (Lipinski definition) is 6. The molecule has 1 atom stereocenters. The predicted molar refractivity (Wildman–Crippen MR) is 451 cm³/mol. The van der Waals surface area contributed by atoms with Gasteiger partial charge in [-0.15, -0.1) is 0 Å². The number of likely N-dealkylation sites (N-methyl/N-ethyl adjacent to an activating group) is 1. The van der Waals surface area contributed by atoms with E-state index in [2.05, 4.69) is 258 Å². The van der Waals surface area contributed by atoms with Crippen molar-refractivity contribution in [2.45, 2.75) is 413 Å². The highest BCUT2D eigenvalue weighted by atomic mass is 15.5. The summed E-state index contributed by atoms with van der Waals surface area (Å²) in [5.41, 5.74) is -0.601. The van der Waals surface area contributed by atoms with Crippen molar-refractivity contribution in [3.05, 3.63) is 5.82 Å². The number of aryl methyl sites for hydroxylation is 1. The molecule has 608 valence electrons. The minimum atomic E-state index is -0.129. The Morgan fingerprint density at radius 2 is 0.589 bits per heavy atom. The zero-order valence-corrected chi connectivity index (χ0v) is 73.2. The molecule has 107 heavy (non-hydrogen) atoms. The van der Waals surface area contributed by atoms with Gasteiger partial charge in [0, 0.05) is 151 Å². The van der Waals surface area contributed by atoms with E-state index in [9.17, 15) is 0 Å². The highest BCUT2D eigenvalue weighted by Crippen LogP contribution is 2.42. The quantitative estimate of drug-likeness (QED) is 0.0299. The van der Waals surface area contributed by atoms with Gasteiger partial charge in [-0.1, -0.05) is 66.7 Å². The molecule has 6 aliphatic rings. The minimum Gasteiger partial charge on any atom is -0.354 e. The van der Waals surface area contributed by atoms with Crippen LogP contribution in [0.5, 0.6) is 0 Å². The van der Waals surface area contributed by atoms with Gasteiger partial charge in [-0.3, -0.25) is 0 Å². The SMILES string of the molecule is CCCCN(c1nc(NCCCN(C)CCN(c2nc(C)nc(N(CCCC)C3CC(C)(C)NC(C)(C)C3)n2)C2CCN2c2nc(N(CCCC)C3CC(C)(C)NC(C)(C)C3)nc(N(CCCC)C3CC(C)(C)NC(C)(C)C3)n2)nc(N(CCCC)C2CC(C)(C)NC(C)(C)C2)n1)C1CC(C)(C)NC(C)(C)C1. The maximum Gasteiger partial charge on any atom is 0.233 e. The number of hydrogen-bond acceptors (Lipinski definition) is 23. The van der Waals surface area contributed by atoms with Crippen molar-refractivity contribution in [3.63, 3.8) is 0 Å². The van der Waals surface area contributed by atoms with Gasteiger partial charge < -0.3 is 71.1 Å². The number of rotatable bonds is 36. The molecule has 3 aromatic heterocycles. The van der Waals surface area contributed by atoms with E-state index >= 15 is 0 Å². The number of nitrogens with zero attached hydrogens (tertiary/aromatic N) is 17. The molecule has 6 aliphatic heterocycles. The molecule has 0 radical (unpaired) electrons. The molecular formula is C84H157N23. The van der Waals surface area contributed by atoms with Gasteiger partial charge in [-0.25, -0.2) is 0 Å². The van der Waals surface area contributed by atoms with E-state index in [4.69, 9.17) is 44.9 Å². The number of nitrogens with one attached hydrogen (secondary N) is 6. The van der Waals surface area contributed by atoms with Crippen molar-refractivity contribution in [2.24, 2.45) is 0 Å². The molecule has 9 heterocycles. The fourth-order valence-electron chi connectivity index (χ4n) is 20.7. The Bertz CT molecular complexity index is 3090. The molecule has 6 saturated heterocycles. The lowest BCUT2D eigenvalue weighted by Gasteiger charge is -2.51. The van der Waals surface area contributed by atoms with Gasteiger partial charge in [-0.2, -0.15) is 44.9 Å². The van der Waals surface area contributed by atoms with Crippen molar-refractivity contribution in [3.8, 4) is 0 Å². The van der Waals surface area contributed by atoms with Gasteiger partial charge in [-0.05, 0) is 262 Å². The van der Waals surface area contributed by atoms with Crippen molar-refractivity contribution < 1.29 is 0 Å². The standard InChI is InChI=1S/C84H157N23/c1-28-33-42-101(61-50-75(7,8)95-76(9,10)51-61)68-86-60(6)87-69(90-68)107(66-39-47-106(66)74-93-72(104(45-36-31-4)64-56-81(19,20)98-82(21,22)57-64)92-73(94-74)105(46-37-32-5)65-58-83(23,24)99-84(25,26)59-65)49-48-100(27)41-38-40-85-67-88-70(102(43-34-29-2)62-52-77(11,12)96-78(13,14)53-62)91-71(89-67)103(44-35-30-3)63-54-79(15,16)97-80(17,18)55-63/h61-66,95-99H,28-59H2,1-27H3,(H,85,88,89,91). The van der Waals surface area contributed by atoms with Gasteiger partial charge in [0.05, 0.1) is 0 Å². The summed E-state index contributed by atoms with van der Waals surface area (Å²) in [5, 5.41) is 23.8. The topological polar surface area (TPSA) is 214 Å². The second kappa shape index (κ2) is 34.7. The van der Waals surface area contributed by atoms with Crippen LogP contribution >= 0.6 is 0 Å². The Morgan fingerprint density at radius 1 is 0.327 bits per heavy atom. The van der Waals surface area contributed by atoms with Crippen LogP contribution in [0, 0.1) is 6.92 Å². The molecule has 6 N–H and O–H groups in total. The van der Waals surface area contributed by atoms with Gasteiger partial charge in [0.15, 0.2) is 0 Å². The lowest BCUT2D eigenvalue weighted by molar-refractivity contribution is 0.156. The number of anilines is 8. The molecule has 9 rings (SSSR count). The summed E-state index contributed by atoms with van der Waals surface area (Å²) >= 11 is 0. The van der Waals surface area contributed by atoms with Crippen LogP contribution in [-0.4, -0.2) is 214 Å². The van der Waals surface area contributed by atoms with E-state index in [1.54, 1.807) is 0 Å². The minimum absolute atomic E-state index is 0.0444. The van der Waals surface area contributed by atoms with Crippen LogP contribution in [0.4, 0.5) is 47.6 Å². The third-order valence-corrected chi connectivity index (χ3v) is 23.6. The Kier molecular flexibility index (Phi) is 27.9. The highest BCUT2D eigenvalue weighted by Gasteiger charge is 2.48. The zero-order chi connectivity index (χ0) is 78.5. The average Bonchev–Trinajstić information content (AvgIpc) is 0.750. The van der Waals surface area contributed by atoms with E-state index in [1.165, 1.54) is 0 Å². The zero-order valence-electron chi connectivity index (χ0n) is 73.2. The second-order valence-electron chi connectivity index (χ2n) is 40.7. The molecule has 6 fully saturated rings. The van der Waals surface area contributed by atoms with E-state index in [0.29, 0.717) is 25.0 Å². The molecule has 0 aliphatic carbocycles. The van der Waals surface area contributed by atoms with Crippen LogP contribution in [0.3, 0.4) is 0 Å². The maximum absolute atomic E-state index is 5.79. The monoisotopic (exact) mass is 1490 g/mol. The molecule has 3 aromatic rings. The molecule has 0 amide bonds. The fourth-order valence-corrected chi connectivity index (χ4v) is 20.7. The van der Waals surface area contributed by atoms with Crippen molar-refractivity contribution >= 4 is 47.6 Å². The van der Waals surface area contributed by atoms with E-state index in [1.807, 2.05) is 0 Å². The Morgan fingerprint density at radius 3 is 0.850 bits per heavy atom. The van der Waals surface area contributed by atoms with Crippen molar-refractivity contribution in [2.75, 3.05) is 112 Å². The van der Waals surface area contributed by atoms with Gasteiger partial charge >= 0.3 is 0 Å². The normalized spacial score (nSPS) is 23.2. The maximum atomic E-state index is 5.79. The average molecular weight is 1490 g/mol. The van der Waals surface area contributed by atoms with Gasteiger partial charge in [0.1, 0.15) is 12.0 Å². The molecular weight excluding hydrogens is 1330 g/mol. The van der Waals surface area contributed by atoms with E-state index in [0.717, 1.165) is 235 Å². The van der Waals surface area contributed by atoms with Crippen molar-refractivity contribution in [1.82, 2.24) is 76.3 Å². The number of aromatic nitrogens is 9. The third-order valence-electron chi connectivity index (χ3n) is 23.6. The van der Waals surface area contributed by atoms with Crippen LogP contribution in [0.1, 0.15) is 320 Å². The predicted octanol–water partition coefficient (Wildman–Crippen LogP) is 14.6. The summed E-state index contributed by atoms with van der Waals surface area (Å²) in [6.45, 7) is 69.1. The first-order valence-electron chi connectivity index (χ1n) is 42.9. The van der Waals surface area contributed by atoms with Crippen molar-refractivity contribution in [1.29, 1.82) is 0 Å². The first-order chi connectivity index (χ1) is 49.8. The molecule has 23 heteroatoms. The third kappa shape index (κ3) is 23.9. The summed E-state index contributed by atoms with van der Waals surface area (Å²) in [7, 11) is 2.28. The Balaban J connectivity index is 1.08. The summed E-state index contributed by atoms with van der Waals surface area (Å²) in [6, 6.07) is 1.24. The summed E-state index contributed by atoms with van der Waals surface area (Å²) < 4.78 is 0. The van der Waals surface area contributed by atoms with E-state index < -0.39 is 0 Å².